The minimum absolute atomic E-state index is 0.112. The Morgan fingerprint density at radius 3 is 2.73 bits per heavy atom. The van der Waals surface area contributed by atoms with Crippen molar-refractivity contribution in [2.45, 2.75) is 63.9 Å². The molecule has 2 saturated carbocycles. The normalized spacial score (nSPS) is 38.6. The van der Waals surface area contributed by atoms with E-state index in [1.54, 1.807) is 5.56 Å². The predicted molar refractivity (Wildman–Crippen MR) is 106 cm³/mol. The van der Waals surface area contributed by atoms with Gasteiger partial charge in [0.2, 0.25) is 0 Å². The molecule has 0 amide bonds. The molecule has 1 N–H and O–H groups in total. The van der Waals surface area contributed by atoms with E-state index in [-0.39, 0.29) is 5.41 Å². The lowest BCUT2D eigenvalue weighted by Gasteiger charge is -2.52. The van der Waals surface area contributed by atoms with Crippen molar-refractivity contribution in [3.63, 3.8) is 0 Å². The van der Waals surface area contributed by atoms with E-state index < -0.39 is 5.60 Å². The van der Waals surface area contributed by atoms with Crippen LogP contribution in [0, 0.1) is 17.3 Å². The van der Waals surface area contributed by atoms with Crippen molar-refractivity contribution in [1.29, 1.82) is 0 Å². The van der Waals surface area contributed by atoms with Crippen LogP contribution in [0.15, 0.2) is 18.2 Å². The summed E-state index contributed by atoms with van der Waals surface area (Å²) in [5.74, 6) is 3.13. The Hall–Kier alpha value is -1.06. The van der Waals surface area contributed by atoms with Crippen molar-refractivity contribution >= 4 is 0 Å². The molecule has 144 valence electrons. The molecule has 0 spiro atoms. The Balaban J connectivity index is 1.52. The number of hydrogen-bond acceptors (Lipinski definition) is 3. The maximum Gasteiger partial charge on any atom is 0.119 e. The zero-order valence-corrected chi connectivity index (χ0v) is 16.9. The number of rotatable bonds is 4. The Morgan fingerprint density at radius 1 is 1.15 bits per heavy atom. The molecule has 3 nitrogen and oxygen atoms in total. The van der Waals surface area contributed by atoms with Crippen molar-refractivity contribution in [3.8, 4) is 5.75 Å². The maximum atomic E-state index is 11.0. The van der Waals surface area contributed by atoms with E-state index in [0.29, 0.717) is 11.8 Å². The highest BCUT2D eigenvalue weighted by atomic mass is 16.5. The fourth-order valence-electron chi connectivity index (χ4n) is 6.24. The molecule has 0 radical (unpaired) electrons. The molecule has 0 saturated heterocycles. The van der Waals surface area contributed by atoms with E-state index in [0.717, 1.165) is 44.1 Å². The fraction of sp³-hybridized carbons (Fsp3) is 0.739. The number of aliphatic hydroxyl groups is 1. The molecule has 2 fully saturated rings. The summed E-state index contributed by atoms with van der Waals surface area (Å²) >= 11 is 0. The molecule has 4 rings (SSSR count). The van der Waals surface area contributed by atoms with E-state index in [9.17, 15) is 5.11 Å². The summed E-state index contributed by atoms with van der Waals surface area (Å²) < 4.78 is 5.96. The molecule has 0 heterocycles. The van der Waals surface area contributed by atoms with Crippen LogP contribution in [0.1, 0.15) is 63.0 Å². The number of ether oxygens (including phenoxy) is 1. The summed E-state index contributed by atoms with van der Waals surface area (Å²) in [4.78, 5) is 2.15. The number of nitrogens with zero attached hydrogens (tertiary/aromatic N) is 1. The summed E-state index contributed by atoms with van der Waals surface area (Å²) in [5.41, 5.74) is 2.70. The summed E-state index contributed by atoms with van der Waals surface area (Å²) in [6, 6.07) is 6.81. The minimum atomic E-state index is -0.479. The third-order valence-electron chi connectivity index (χ3n) is 8.07. The van der Waals surface area contributed by atoms with Gasteiger partial charge in [0.05, 0.1) is 5.60 Å². The fourth-order valence-corrected chi connectivity index (χ4v) is 6.24. The van der Waals surface area contributed by atoms with E-state index in [2.05, 4.69) is 51.0 Å². The van der Waals surface area contributed by atoms with Crippen LogP contribution in [0.4, 0.5) is 0 Å². The van der Waals surface area contributed by atoms with Crippen LogP contribution in [0.5, 0.6) is 5.75 Å². The largest absolute Gasteiger partial charge is 0.492 e. The molecule has 26 heavy (non-hydrogen) atoms. The van der Waals surface area contributed by atoms with Crippen LogP contribution in [0.2, 0.25) is 0 Å². The highest BCUT2D eigenvalue weighted by Gasteiger charge is 2.59. The second kappa shape index (κ2) is 6.53. The quantitative estimate of drug-likeness (QED) is 0.875. The smallest absolute Gasteiger partial charge is 0.119 e. The van der Waals surface area contributed by atoms with Crippen LogP contribution in [0.25, 0.3) is 0 Å². The Labute approximate surface area is 158 Å². The van der Waals surface area contributed by atoms with Gasteiger partial charge < -0.3 is 14.7 Å². The summed E-state index contributed by atoms with van der Waals surface area (Å²) in [7, 11) is 4.15. The topological polar surface area (TPSA) is 32.7 Å². The van der Waals surface area contributed by atoms with E-state index in [4.69, 9.17) is 4.74 Å². The van der Waals surface area contributed by atoms with E-state index in [1.807, 2.05) is 0 Å². The summed E-state index contributed by atoms with van der Waals surface area (Å²) in [6.07, 6.45) is 6.99. The zero-order chi connectivity index (χ0) is 18.5. The van der Waals surface area contributed by atoms with Gasteiger partial charge in [-0.2, -0.15) is 0 Å². The first-order valence-electron chi connectivity index (χ1n) is 10.4. The first kappa shape index (κ1) is 18.3. The SMILES string of the molecule is CN(C)CCOc1ccc2c(c1)CC[C@@H]1[C@@H]2CC[C@@]2(C)[C@H]1CCC2(C)O. The number of benzene rings is 1. The van der Waals surface area contributed by atoms with Gasteiger partial charge in [-0.1, -0.05) is 13.0 Å². The highest BCUT2D eigenvalue weighted by Crippen LogP contribution is 2.64. The average molecular weight is 358 g/mol. The predicted octanol–water partition coefficient (Wildman–Crippen LogP) is 4.23. The van der Waals surface area contributed by atoms with Gasteiger partial charge in [0, 0.05) is 6.54 Å². The van der Waals surface area contributed by atoms with Crippen LogP contribution < -0.4 is 4.74 Å². The highest BCUT2D eigenvalue weighted by molar-refractivity contribution is 5.41. The van der Waals surface area contributed by atoms with Crippen LogP contribution in [-0.4, -0.2) is 42.9 Å². The first-order valence-corrected chi connectivity index (χ1v) is 10.4. The molecule has 3 aliphatic carbocycles. The standard InChI is InChI=1S/C23H35NO2/c1-22-11-9-19-18-8-6-17(26-14-13-24(3)4)15-16(18)5-7-20(19)21(22)10-12-23(22,2)25/h6,8,15,19-21,25H,5,7,9-14H2,1-4H3/t19-,20-,21+,22+,23?/m1/s1. The molecule has 1 aromatic carbocycles. The number of aryl methyl sites for hydroxylation is 1. The van der Waals surface area contributed by atoms with Crippen molar-refractivity contribution in [2.24, 2.45) is 17.3 Å². The van der Waals surface area contributed by atoms with Gasteiger partial charge in [0.1, 0.15) is 12.4 Å². The molecule has 3 aliphatic rings. The summed E-state index contributed by atoms with van der Waals surface area (Å²) in [6.45, 7) is 6.13. The van der Waals surface area contributed by atoms with Crippen molar-refractivity contribution in [2.75, 3.05) is 27.2 Å². The monoisotopic (exact) mass is 357 g/mol. The van der Waals surface area contributed by atoms with Crippen LogP contribution in [-0.2, 0) is 6.42 Å². The van der Waals surface area contributed by atoms with Gasteiger partial charge in [-0.15, -0.1) is 0 Å². The van der Waals surface area contributed by atoms with Crippen molar-refractivity contribution in [1.82, 2.24) is 4.90 Å². The molecule has 1 aromatic rings. The van der Waals surface area contributed by atoms with Gasteiger partial charge in [0.25, 0.3) is 0 Å². The second-order valence-corrected chi connectivity index (χ2v) is 9.70. The Morgan fingerprint density at radius 2 is 1.96 bits per heavy atom. The number of fused-ring (bicyclic) bond motifs is 5. The van der Waals surface area contributed by atoms with Gasteiger partial charge >= 0.3 is 0 Å². The minimum Gasteiger partial charge on any atom is -0.492 e. The molecule has 0 aromatic heterocycles. The van der Waals surface area contributed by atoms with Crippen LogP contribution >= 0.6 is 0 Å². The third kappa shape index (κ3) is 2.88. The lowest BCUT2D eigenvalue weighted by Crippen LogP contribution is -2.49. The van der Waals surface area contributed by atoms with E-state index in [1.165, 1.54) is 24.8 Å². The number of hydrogen-bond donors (Lipinski definition) is 1. The van der Waals surface area contributed by atoms with Gasteiger partial charge in [-0.3, -0.25) is 0 Å². The lowest BCUT2D eigenvalue weighted by atomic mass is 9.53. The van der Waals surface area contributed by atoms with Crippen LogP contribution in [0.3, 0.4) is 0 Å². The van der Waals surface area contributed by atoms with Gasteiger partial charge in [-0.25, -0.2) is 0 Å². The molecule has 5 atom stereocenters. The number of likely N-dealkylation sites (N-methyl/N-ethyl adjacent to an activating group) is 1. The lowest BCUT2D eigenvalue weighted by molar-refractivity contribution is -0.0901. The summed E-state index contributed by atoms with van der Waals surface area (Å²) in [5, 5.41) is 11.0. The molecule has 3 heteroatoms. The second-order valence-electron chi connectivity index (χ2n) is 9.70. The van der Waals surface area contributed by atoms with E-state index >= 15 is 0 Å². The zero-order valence-electron chi connectivity index (χ0n) is 16.9. The van der Waals surface area contributed by atoms with Gasteiger partial charge in [-0.05, 0) is 106 Å². The molecular formula is C23H35NO2. The maximum absolute atomic E-state index is 11.0. The van der Waals surface area contributed by atoms with Gasteiger partial charge in [0.15, 0.2) is 0 Å². The van der Waals surface area contributed by atoms with Crippen molar-refractivity contribution < 1.29 is 9.84 Å². The first-order chi connectivity index (χ1) is 12.3. The Bertz CT molecular complexity index is 668. The molecule has 0 aliphatic heterocycles. The Kier molecular flexibility index (Phi) is 4.60. The van der Waals surface area contributed by atoms with Crippen molar-refractivity contribution in [3.05, 3.63) is 29.3 Å². The molecule has 0 bridgehead atoms. The third-order valence-corrected chi connectivity index (χ3v) is 8.07. The average Bonchev–Trinajstić information content (AvgIpc) is 2.84. The molecule has 1 unspecified atom stereocenters. The molecular weight excluding hydrogens is 322 g/mol.